The Morgan fingerprint density at radius 3 is 2.74 bits per heavy atom. The second-order valence-electron chi connectivity index (χ2n) is 7.40. The Kier molecular flexibility index (Phi) is 5.27. The normalized spacial score (nSPS) is 19.6. The molecular formula is C25H29NO. The number of hydrogen-bond acceptors (Lipinski definition) is 2. The molecule has 1 aromatic carbocycles. The fourth-order valence-electron chi connectivity index (χ4n) is 3.98. The van der Waals surface area contributed by atoms with E-state index in [9.17, 15) is 5.11 Å². The average molecular weight is 360 g/mol. The van der Waals surface area contributed by atoms with Crippen LogP contribution < -0.4 is 0 Å². The molecule has 3 rings (SSSR count). The zero-order valence-electron chi connectivity index (χ0n) is 16.8. The summed E-state index contributed by atoms with van der Waals surface area (Å²) >= 11 is 0. The van der Waals surface area contributed by atoms with Crippen LogP contribution in [0.15, 0.2) is 78.3 Å². The molecule has 0 saturated carbocycles. The van der Waals surface area contributed by atoms with Gasteiger partial charge in [-0.15, -0.1) is 0 Å². The van der Waals surface area contributed by atoms with Gasteiger partial charge in [0.1, 0.15) is 5.76 Å². The first-order valence-corrected chi connectivity index (χ1v) is 9.59. The molecule has 0 amide bonds. The van der Waals surface area contributed by atoms with Gasteiger partial charge in [0.25, 0.3) is 0 Å². The van der Waals surface area contributed by atoms with Gasteiger partial charge in [-0.05, 0) is 68.0 Å². The quantitative estimate of drug-likeness (QED) is 0.513. The molecule has 1 aromatic rings. The van der Waals surface area contributed by atoms with E-state index in [0.29, 0.717) is 5.57 Å². The van der Waals surface area contributed by atoms with E-state index in [1.807, 2.05) is 19.2 Å². The summed E-state index contributed by atoms with van der Waals surface area (Å²) in [6, 6.07) is 4.87. The number of aliphatic hydroxyl groups is 1. The zero-order valence-corrected chi connectivity index (χ0v) is 16.8. The zero-order chi connectivity index (χ0) is 19.7. The van der Waals surface area contributed by atoms with Crippen LogP contribution in [0.3, 0.4) is 0 Å². The number of allylic oxidation sites excluding steroid dienone is 5. The van der Waals surface area contributed by atoms with Crippen LogP contribution in [0.2, 0.25) is 0 Å². The fourth-order valence-corrected chi connectivity index (χ4v) is 3.98. The van der Waals surface area contributed by atoms with Crippen LogP contribution in [0.25, 0.3) is 5.70 Å². The highest BCUT2D eigenvalue weighted by atomic mass is 16.3. The van der Waals surface area contributed by atoms with E-state index >= 15 is 0 Å². The summed E-state index contributed by atoms with van der Waals surface area (Å²) in [5.74, 6) is 0.0624. The second-order valence-corrected chi connectivity index (χ2v) is 7.40. The lowest BCUT2D eigenvalue weighted by Gasteiger charge is -2.42. The smallest absolute Gasteiger partial charge is 0.117 e. The van der Waals surface area contributed by atoms with Gasteiger partial charge in [0, 0.05) is 23.0 Å². The Morgan fingerprint density at radius 1 is 1.37 bits per heavy atom. The van der Waals surface area contributed by atoms with Crippen LogP contribution in [0, 0.1) is 6.92 Å². The lowest BCUT2D eigenvalue weighted by molar-refractivity contribution is 0.392. The molecule has 2 aliphatic heterocycles. The number of nitrogens with zero attached hydrogens (tertiary/aromatic N) is 1. The molecule has 2 heteroatoms. The summed E-state index contributed by atoms with van der Waals surface area (Å²) < 4.78 is 0. The first-order chi connectivity index (χ1) is 12.9. The third kappa shape index (κ3) is 3.44. The maximum atomic E-state index is 10.0. The van der Waals surface area contributed by atoms with Crippen molar-refractivity contribution in [2.45, 2.75) is 46.6 Å². The minimum absolute atomic E-state index is 0.0624. The van der Waals surface area contributed by atoms with E-state index in [1.165, 1.54) is 27.8 Å². The van der Waals surface area contributed by atoms with E-state index in [4.69, 9.17) is 0 Å². The van der Waals surface area contributed by atoms with Crippen LogP contribution in [0.5, 0.6) is 0 Å². The minimum Gasteiger partial charge on any atom is -0.508 e. The first-order valence-electron chi connectivity index (χ1n) is 9.59. The molecule has 0 spiro atoms. The molecule has 2 heterocycles. The molecule has 2 nitrogen and oxygen atoms in total. The molecule has 0 bridgehead atoms. The first kappa shape index (κ1) is 19.0. The Bertz CT molecular complexity index is 924. The molecule has 2 aliphatic rings. The van der Waals surface area contributed by atoms with Crippen molar-refractivity contribution in [1.29, 1.82) is 0 Å². The molecule has 0 aliphatic carbocycles. The standard InChI is InChI=1S/C25H29NO/c1-7-9-10-16(3)24-14-21-13-20(8-2)17(4)11-22(21)25-12-18(5)23(19(6)27)15-26(24)25/h7,9-13,15,24,27H,5-6,8,14H2,1-4H3/b9-7-,16-10+. The maximum Gasteiger partial charge on any atom is 0.117 e. The Hall–Kier alpha value is -2.74. The highest BCUT2D eigenvalue weighted by Gasteiger charge is 2.32. The summed E-state index contributed by atoms with van der Waals surface area (Å²) in [4.78, 5) is 2.27. The Morgan fingerprint density at radius 2 is 2.11 bits per heavy atom. The Labute approximate surface area is 163 Å². The second kappa shape index (κ2) is 7.48. The van der Waals surface area contributed by atoms with E-state index in [1.54, 1.807) is 0 Å². The summed E-state index contributed by atoms with van der Waals surface area (Å²) in [5.41, 5.74) is 9.31. The molecular weight excluding hydrogens is 330 g/mol. The van der Waals surface area contributed by atoms with Crippen molar-refractivity contribution < 1.29 is 5.11 Å². The largest absolute Gasteiger partial charge is 0.508 e. The predicted octanol–water partition coefficient (Wildman–Crippen LogP) is 6.17. The van der Waals surface area contributed by atoms with Crippen molar-refractivity contribution in [2.24, 2.45) is 0 Å². The maximum absolute atomic E-state index is 10.0. The molecule has 140 valence electrons. The van der Waals surface area contributed by atoms with Crippen LogP contribution >= 0.6 is 0 Å². The number of rotatable bonds is 4. The molecule has 27 heavy (non-hydrogen) atoms. The van der Waals surface area contributed by atoms with Crippen molar-refractivity contribution >= 4 is 5.70 Å². The molecule has 1 atom stereocenters. The van der Waals surface area contributed by atoms with Crippen molar-refractivity contribution in [1.82, 2.24) is 4.90 Å². The van der Waals surface area contributed by atoms with Crippen molar-refractivity contribution in [3.63, 3.8) is 0 Å². The predicted molar refractivity (Wildman–Crippen MR) is 115 cm³/mol. The van der Waals surface area contributed by atoms with E-state index < -0.39 is 0 Å². The number of aryl methyl sites for hydroxylation is 2. The Balaban J connectivity index is 2.19. The molecule has 0 radical (unpaired) electrons. The van der Waals surface area contributed by atoms with Crippen molar-refractivity contribution in [2.75, 3.05) is 0 Å². The van der Waals surface area contributed by atoms with Gasteiger partial charge < -0.3 is 10.0 Å². The van der Waals surface area contributed by atoms with Crippen molar-refractivity contribution in [3.8, 4) is 0 Å². The van der Waals surface area contributed by atoms with Crippen LogP contribution in [0.1, 0.15) is 43.0 Å². The van der Waals surface area contributed by atoms with Gasteiger partial charge in [-0.1, -0.05) is 49.9 Å². The molecule has 1 unspecified atom stereocenters. The number of aliphatic hydroxyl groups excluding tert-OH is 1. The van der Waals surface area contributed by atoms with Crippen LogP contribution in [-0.2, 0) is 12.8 Å². The molecule has 0 saturated heterocycles. The SMILES string of the molecule is C=C(O)C1=CN2C(=CC1=C)c1cc(C)c(CC)cc1CC2/C(C)=C/C=C\C. The van der Waals surface area contributed by atoms with E-state index in [0.717, 1.165) is 24.1 Å². The molecule has 1 N–H and O–H groups in total. The number of fused-ring (bicyclic) bond motifs is 3. The molecule has 0 fully saturated rings. The average Bonchev–Trinajstić information content (AvgIpc) is 2.64. The van der Waals surface area contributed by atoms with Crippen molar-refractivity contribution in [3.05, 3.63) is 101 Å². The number of benzene rings is 1. The van der Waals surface area contributed by atoms with Gasteiger partial charge in [-0.25, -0.2) is 0 Å². The third-order valence-corrected chi connectivity index (χ3v) is 5.56. The van der Waals surface area contributed by atoms with Gasteiger partial charge >= 0.3 is 0 Å². The highest BCUT2D eigenvalue weighted by molar-refractivity contribution is 5.77. The topological polar surface area (TPSA) is 23.5 Å². The van der Waals surface area contributed by atoms with Gasteiger partial charge in [0.15, 0.2) is 0 Å². The monoisotopic (exact) mass is 359 g/mol. The minimum atomic E-state index is 0.0624. The van der Waals surface area contributed by atoms with Crippen LogP contribution in [-0.4, -0.2) is 16.0 Å². The summed E-state index contributed by atoms with van der Waals surface area (Å²) in [6.45, 7) is 16.4. The van der Waals surface area contributed by atoms with Gasteiger partial charge in [0.05, 0.1) is 6.04 Å². The summed E-state index contributed by atoms with van der Waals surface area (Å²) in [6.07, 6.45) is 12.4. The summed E-state index contributed by atoms with van der Waals surface area (Å²) in [7, 11) is 0. The van der Waals surface area contributed by atoms with Crippen LogP contribution in [0.4, 0.5) is 0 Å². The molecule has 0 aromatic heterocycles. The lowest BCUT2D eigenvalue weighted by Crippen LogP contribution is -2.38. The van der Waals surface area contributed by atoms with Gasteiger partial charge in [0.2, 0.25) is 0 Å². The van der Waals surface area contributed by atoms with Gasteiger partial charge in [-0.3, -0.25) is 0 Å². The highest BCUT2D eigenvalue weighted by Crippen LogP contribution is 2.41. The fraction of sp³-hybridized carbons (Fsp3) is 0.280. The van der Waals surface area contributed by atoms with E-state index in [-0.39, 0.29) is 11.8 Å². The summed E-state index contributed by atoms with van der Waals surface area (Å²) in [5, 5.41) is 10.0. The lowest BCUT2D eigenvalue weighted by atomic mass is 9.83. The van der Waals surface area contributed by atoms with E-state index in [2.05, 4.69) is 69.2 Å². The number of hydrogen-bond donors (Lipinski definition) is 1. The third-order valence-electron chi connectivity index (χ3n) is 5.56. The van der Waals surface area contributed by atoms with Gasteiger partial charge in [-0.2, -0.15) is 0 Å².